The lowest BCUT2D eigenvalue weighted by Crippen LogP contribution is -2.57. The number of carbonyl (C=O) groups excluding carboxylic acids is 1. The Bertz CT molecular complexity index is 1100. The van der Waals surface area contributed by atoms with Gasteiger partial charge in [0.05, 0.1) is 17.5 Å². The maximum Gasteiger partial charge on any atom is 0.236 e. The van der Waals surface area contributed by atoms with Crippen molar-refractivity contribution < 1.29 is 14.3 Å². The van der Waals surface area contributed by atoms with Gasteiger partial charge in [0.1, 0.15) is 5.65 Å². The molecule has 0 bridgehead atoms. The van der Waals surface area contributed by atoms with Gasteiger partial charge in [-0.15, -0.1) is 0 Å². The minimum Gasteiger partial charge on any atom is -0.384 e. The molecule has 30 heavy (non-hydrogen) atoms. The van der Waals surface area contributed by atoms with Crippen molar-refractivity contribution in [1.82, 2.24) is 14.9 Å². The summed E-state index contributed by atoms with van der Waals surface area (Å²) >= 11 is 0. The number of hydrogen-bond acceptors (Lipinski definition) is 4. The van der Waals surface area contributed by atoms with Crippen LogP contribution in [0.25, 0.3) is 22.2 Å². The number of benzene rings is 1. The third kappa shape index (κ3) is 3.09. The molecule has 1 amide bonds. The van der Waals surface area contributed by atoms with Gasteiger partial charge >= 0.3 is 0 Å². The predicted octanol–water partition coefficient (Wildman–Crippen LogP) is 2.94. The van der Waals surface area contributed by atoms with E-state index in [1.165, 1.54) is 6.20 Å². The number of rotatable bonds is 3. The van der Waals surface area contributed by atoms with Crippen LogP contribution in [0.3, 0.4) is 0 Å². The average Bonchev–Trinajstić information content (AvgIpc) is 3.12. The molecule has 7 heteroatoms. The molecule has 0 saturated carbocycles. The van der Waals surface area contributed by atoms with Gasteiger partial charge in [-0.1, -0.05) is 32.0 Å². The molecule has 1 fully saturated rings. The summed E-state index contributed by atoms with van der Waals surface area (Å²) in [7, 11) is 0. The molecule has 4 rings (SSSR count). The number of nitrogens with zero attached hydrogens (tertiary/aromatic N) is 2. The van der Waals surface area contributed by atoms with E-state index in [4.69, 9.17) is 5.73 Å². The Morgan fingerprint density at radius 2 is 2.03 bits per heavy atom. The number of piperidine rings is 1. The number of aromatic amines is 1. The summed E-state index contributed by atoms with van der Waals surface area (Å²) < 4.78 is 14.3. The summed E-state index contributed by atoms with van der Waals surface area (Å²) in [6, 6.07) is 7.61. The van der Waals surface area contributed by atoms with Gasteiger partial charge in [0.15, 0.2) is 5.82 Å². The molecule has 1 saturated heterocycles. The number of aromatic nitrogens is 2. The zero-order valence-corrected chi connectivity index (χ0v) is 17.4. The summed E-state index contributed by atoms with van der Waals surface area (Å²) in [4.78, 5) is 20.8. The summed E-state index contributed by atoms with van der Waals surface area (Å²) in [5.74, 6) is -0.752. The Kier molecular flexibility index (Phi) is 5.11. The first-order valence-corrected chi connectivity index (χ1v) is 10.2. The highest BCUT2D eigenvalue weighted by atomic mass is 19.1. The molecule has 3 heterocycles. The van der Waals surface area contributed by atoms with Crippen molar-refractivity contribution in [3.8, 4) is 11.1 Å². The predicted molar refractivity (Wildman–Crippen MR) is 114 cm³/mol. The number of H-pyrrole nitrogens is 1. The van der Waals surface area contributed by atoms with Crippen LogP contribution in [0.1, 0.15) is 25.0 Å². The van der Waals surface area contributed by atoms with E-state index in [9.17, 15) is 14.3 Å². The lowest BCUT2D eigenvalue weighted by molar-refractivity contribution is -0.147. The standard InChI is InChI=1S/C23H27FN4O2/c1-13-8-16(17-6-7-26-22-21(17)19(24)10-27-22)4-5-18(13)23(30)14(2)11-28(12-15(23)3)20(29)9-25/h4-8,10,14-15,30H,9,11-12,25H2,1-3H3,(H,26,27)/t14-,15+,23?. The molecule has 0 aliphatic carbocycles. The fourth-order valence-corrected chi connectivity index (χ4v) is 4.90. The van der Waals surface area contributed by atoms with Crippen molar-refractivity contribution in [2.45, 2.75) is 26.4 Å². The maximum atomic E-state index is 14.3. The molecular formula is C23H27FN4O2. The quantitative estimate of drug-likeness (QED) is 0.619. The number of aliphatic hydroxyl groups is 1. The lowest BCUT2D eigenvalue weighted by atomic mass is 9.69. The molecule has 1 aliphatic heterocycles. The number of likely N-dealkylation sites (tertiary alicyclic amines) is 1. The minimum atomic E-state index is -1.07. The summed E-state index contributed by atoms with van der Waals surface area (Å²) in [5.41, 5.74) is 8.34. The van der Waals surface area contributed by atoms with Gasteiger partial charge in [-0.05, 0) is 35.2 Å². The van der Waals surface area contributed by atoms with E-state index in [-0.39, 0.29) is 30.1 Å². The van der Waals surface area contributed by atoms with Crippen LogP contribution in [0.2, 0.25) is 0 Å². The number of carbonyl (C=O) groups is 1. The molecular weight excluding hydrogens is 383 g/mol. The molecule has 4 N–H and O–H groups in total. The van der Waals surface area contributed by atoms with Crippen molar-refractivity contribution in [3.63, 3.8) is 0 Å². The topological polar surface area (TPSA) is 95.2 Å². The SMILES string of the molecule is Cc1cc(-c2ccnc3[nH]cc(F)c23)ccc1C1(O)[C@H](C)CN(C(=O)CN)C[C@@H]1C. The number of nitrogens with two attached hydrogens (primary N) is 1. The monoisotopic (exact) mass is 410 g/mol. The molecule has 2 aromatic heterocycles. The van der Waals surface area contributed by atoms with E-state index in [1.54, 1.807) is 17.2 Å². The molecule has 3 aromatic rings. The average molecular weight is 410 g/mol. The zero-order valence-electron chi connectivity index (χ0n) is 17.4. The third-order valence-electron chi connectivity index (χ3n) is 6.51. The Balaban J connectivity index is 1.73. The highest BCUT2D eigenvalue weighted by molar-refractivity contribution is 5.93. The Morgan fingerprint density at radius 1 is 1.33 bits per heavy atom. The van der Waals surface area contributed by atoms with Gasteiger partial charge in [-0.3, -0.25) is 4.79 Å². The lowest BCUT2D eigenvalue weighted by Gasteiger charge is -2.48. The number of pyridine rings is 1. The molecule has 0 radical (unpaired) electrons. The zero-order chi connectivity index (χ0) is 21.6. The van der Waals surface area contributed by atoms with Crippen LogP contribution in [-0.4, -0.2) is 45.5 Å². The second kappa shape index (κ2) is 7.49. The number of halogens is 1. The van der Waals surface area contributed by atoms with Gasteiger partial charge in [0.2, 0.25) is 5.91 Å². The van der Waals surface area contributed by atoms with Crippen LogP contribution in [0.15, 0.2) is 36.7 Å². The van der Waals surface area contributed by atoms with Gasteiger partial charge in [0, 0.05) is 37.3 Å². The summed E-state index contributed by atoms with van der Waals surface area (Å²) in [6.45, 7) is 6.76. The fraction of sp³-hybridized carbons (Fsp3) is 0.391. The first-order valence-electron chi connectivity index (χ1n) is 10.2. The Labute approximate surface area is 174 Å². The van der Waals surface area contributed by atoms with Crippen LogP contribution in [0.5, 0.6) is 0 Å². The summed E-state index contributed by atoms with van der Waals surface area (Å²) in [5, 5.41) is 12.2. The molecule has 1 aromatic carbocycles. The molecule has 158 valence electrons. The van der Waals surface area contributed by atoms with Crippen LogP contribution in [0, 0.1) is 24.6 Å². The molecule has 6 nitrogen and oxygen atoms in total. The number of nitrogens with one attached hydrogen (secondary N) is 1. The van der Waals surface area contributed by atoms with Gasteiger partial charge in [0.25, 0.3) is 0 Å². The number of amides is 1. The Hall–Kier alpha value is -2.77. The van der Waals surface area contributed by atoms with E-state index in [0.717, 1.165) is 22.3 Å². The Morgan fingerprint density at radius 3 is 2.67 bits per heavy atom. The van der Waals surface area contributed by atoms with E-state index < -0.39 is 5.60 Å². The molecule has 1 unspecified atom stereocenters. The smallest absolute Gasteiger partial charge is 0.236 e. The first-order chi connectivity index (χ1) is 14.3. The third-order valence-corrected chi connectivity index (χ3v) is 6.51. The van der Waals surface area contributed by atoms with Gasteiger partial charge < -0.3 is 20.7 Å². The highest BCUT2D eigenvalue weighted by Gasteiger charge is 2.47. The van der Waals surface area contributed by atoms with E-state index >= 15 is 0 Å². The first kappa shape index (κ1) is 20.5. The van der Waals surface area contributed by atoms with E-state index in [0.29, 0.717) is 24.1 Å². The number of aryl methyl sites for hydroxylation is 1. The van der Waals surface area contributed by atoms with Crippen molar-refractivity contribution in [1.29, 1.82) is 0 Å². The molecule has 0 spiro atoms. The van der Waals surface area contributed by atoms with E-state index in [2.05, 4.69) is 9.97 Å². The van der Waals surface area contributed by atoms with Crippen LogP contribution in [-0.2, 0) is 10.4 Å². The van der Waals surface area contributed by atoms with E-state index in [1.807, 2.05) is 39.0 Å². The second-order valence-electron chi connectivity index (χ2n) is 8.38. The van der Waals surface area contributed by atoms with Gasteiger partial charge in [-0.25, -0.2) is 9.37 Å². The fourth-order valence-electron chi connectivity index (χ4n) is 4.90. The largest absolute Gasteiger partial charge is 0.384 e. The van der Waals surface area contributed by atoms with Crippen molar-refractivity contribution in [2.75, 3.05) is 19.6 Å². The molecule has 3 atom stereocenters. The van der Waals surface area contributed by atoms with Crippen molar-refractivity contribution >= 4 is 16.9 Å². The number of fused-ring (bicyclic) bond motifs is 1. The van der Waals surface area contributed by atoms with Crippen molar-refractivity contribution in [2.24, 2.45) is 17.6 Å². The number of hydrogen-bond donors (Lipinski definition) is 3. The van der Waals surface area contributed by atoms with Crippen LogP contribution in [0.4, 0.5) is 4.39 Å². The summed E-state index contributed by atoms with van der Waals surface area (Å²) in [6.07, 6.45) is 2.96. The van der Waals surface area contributed by atoms with Crippen LogP contribution < -0.4 is 5.73 Å². The maximum absolute atomic E-state index is 14.3. The van der Waals surface area contributed by atoms with Crippen LogP contribution >= 0.6 is 0 Å². The minimum absolute atomic E-state index is 0.0261. The highest BCUT2D eigenvalue weighted by Crippen LogP contribution is 2.43. The second-order valence-corrected chi connectivity index (χ2v) is 8.38. The normalized spacial score (nSPS) is 24.4. The molecule has 1 aliphatic rings. The van der Waals surface area contributed by atoms with Crippen molar-refractivity contribution in [3.05, 3.63) is 53.6 Å². The van der Waals surface area contributed by atoms with Gasteiger partial charge in [-0.2, -0.15) is 0 Å².